The van der Waals surface area contributed by atoms with E-state index >= 15 is 0 Å². The van der Waals surface area contributed by atoms with Gasteiger partial charge in [-0.3, -0.25) is 0 Å². The zero-order valence-corrected chi connectivity index (χ0v) is 9.01. The molecule has 1 rings (SSSR count). The third-order valence-electron chi connectivity index (χ3n) is 1.85. The van der Waals surface area contributed by atoms with E-state index in [0.717, 1.165) is 16.5 Å². The van der Waals surface area contributed by atoms with Crippen molar-refractivity contribution in [2.24, 2.45) is 0 Å². The molecule has 0 bridgehead atoms. The molecule has 0 aliphatic heterocycles. The first kappa shape index (κ1) is 10.7. The molecule has 0 unspecified atom stereocenters. The first-order valence-corrected chi connectivity index (χ1v) is 5.01. The van der Waals surface area contributed by atoms with Crippen LogP contribution in [-0.4, -0.2) is 11.2 Å². The van der Waals surface area contributed by atoms with Crippen LogP contribution in [0, 0.1) is 5.82 Å². The fraction of sp³-hybridized carbons (Fsp3) is 0.400. The Morgan fingerprint density at radius 2 is 2.23 bits per heavy atom. The molecule has 0 aliphatic rings. The van der Waals surface area contributed by atoms with Crippen LogP contribution in [0.5, 0.6) is 0 Å². The average Bonchev–Trinajstić information content (AvgIpc) is 2.02. The first-order valence-electron chi connectivity index (χ1n) is 4.21. The molecule has 1 nitrogen and oxygen atoms in total. The molecule has 1 aromatic rings. The molecule has 0 aromatic heterocycles. The minimum absolute atomic E-state index is 0.243. The van der Waals surface area contributed by atoms with Gasteiger partial charge in [0.2, 0.25) is 0 Å². The second-order valence-electron chi connectivity index (χ2n) is 3.12. The van der Waals surface area contributed by atoms with Gasteiger partial charge >= 0.3 is 0 Å². The highest BCUT2D eigenvalue weighted by Crippen LogP contribution is 2.19. The topological polar surface area (TPSA) is 20.2 Å². The number of aliphatic hydroxyl groups excluding tert-OH is 1. The fourth-order valence-corrected chi connectivity index (χ4v) is 1.64. The van der Waals surface area contributed by atoms with E-state index in [2.05, 4.69) is 15.9 Å². The van der Waals surface area contributed by atoms with Crippen LogP contribution in [0.1, 0.15) is 18.9 Å². The molecule has 72 valence electrons. The van der Waals surface area contributed by atoms with E-state index in [1.807, 2.05) is 0 Å². The third kappa shape index (κ3) is 3.44. The summed E-state index contributed by atoms with van der Waals surface area (Å²) in [5, 5.41) is 9.07. The summed E-state index contributed by atoms with van der Waals surface area (Å²) >= 11 is 3.28. The molecule has 0 heterocycles. The quantitative estimate of drug-likeness (QED) is 0.870. The Labute approximate surface area is 85.7 Å². The first-order chi connectivity index (χ1) is 6.09. The van der Waals surface area contributed by atoms with Crippen LogP contribution in [0.4, 0.5) is 4.39 Å². The van der Waals surface area contributed by atoms with Crippen molar-refractivity contribution >= 4 is 15.9 Å². The van der Waals surface area contributed by atoms with Gasteiger partial charge in [-0.2, -0.15) is 0 Å². The highest BCUT2D eigenvalue weighted by Gasteiger charge is 2.03. The summed E-state index contributed by atoms with van der Waals surface area (Å²) in [4.78, 5) is 0. The van der Waals surface area contributed by atoms with Gasteiger partial charge in [-0.1, -0.05) is 22.0 Å². The number of rotatable bonds is 3. The van der Waals surface area contributed by atoms with E-state index in [1.54, 1.807) is 13.0 Å². The Morgan fingerprint density at radius 3 is 2.77 bits per heavy atom. The van der Waals surface area contributed by atoms with Crippen LogP contribution < -0.4 is 0 Å². The van der Waals surface area contributed by atoms with Gasteiger partial charge in [0, 0.05) is 4.47 Å². The smallest absolute Gasteiger partial charge is 0.124 e. The van der Waals surface area contributed by atoms with E-state index in [4.69, 9.17) is 5.11 Å². The summed E-state index contributed by atoms with van der Waals surface area (Å²) in [6.07, 6.45) is 1.15. The Morgan fingerprint density at radius 1 is 1.54 bits per heavy atom. The van der Waals surface area contributed by atoms with Gasteiger partial charge in [-0.05, 0) is 37.5 Å². The summed E-state index contributed by atoms with van der Waals surface area (Å²) in [7, 11) is 0. The second kappa shape index (κ2) is 4.72. The molecule has 3 heteroatoms. The van der Waals surface area contributed by atoms with Crippen molar-refractivity contribution < 1.29 is 9.50 Å². The van der Waals surface area contributed by atoms with Crippen LogP contribution in [0.2, 0.25) is 0 Å². The van der Waals surface area contributed by atoms with Crippen molar-refractivity contribution in [2.75, 3.05) is 0 Å². The molecule has 0 spiro atoms. The predicted octanol–water partition coefficient (Wildman–Crippen LogP) is 2.90. The van der Waals surface area contributed by atoms with Gasteiger partial charge < -0.3 is 5.11 Å². The van der Waals surface area contributed by atoms with Gasteiger partial charge in [0.1, 0.15) is 5.82 Å². The molecule has 0 radical (unpaired) electrons. The van der Waals surface area contributed by atoms with Crippen molar-refractivity contribution in [2.45, 2.75) is 25.9 Å². The molecule has 0 aliphatic carbocycles. The van der Waals surface area contributed by atoms with Crippen molar-refractivity contribution in [1.29, 1.82) is 0 Å². The number of aliphatic hydroxyl groups is 1. The van der Waals surface area contributed by atoms with Crippen LogP contribution >= 0.6 is 15.9 Å². The molecule has 1 atom stereocenters. The van der Waals surface area contributed by atoms with E-state index in [-0.39, 0.29) is 11.9 Å². The van der Waals surface area contributed by atoms with Crippen molar-refractivity contribution in [3.8, 4) is 0 Å². The molecule has 0 amide bonds. The third-order valence-corrected chi connectivity index (χ3v) is 2.58. The van der Waals surface area contributed by atoms with Crippen LogP contribution in [0.25, 0.3) is 0 Å². The molecular formula is C10H12BrFO. The maximum Gasteiger partial charge on any atom is 0.124 e. The molecule has 1 aromatic carbocycles. The lowest BCUT2D eigenvalue weighted by atomic mass is 10.1. The number of hydrogen-bond donors (Lipinski definition) is 1. The monoisotopic (exact) mass is 246 g/mol. The van der Waals surface area contributed by atoms with E-state index in [0.29, 0.717) is 6.42 Å². The standard InChI is InChI=1S/C10H12BrFO/c1-7(13)2-3-8-4-5-9(12)6-10(8)11/h4-7,13H,2-3H2,1H3/t7-/m0/s1. The molecule has 1 N–H and O–H groups in total. The average molecular weight is 247 g/mol. The summed E-state index contributed by atoms with van der Waals surface area (Å²) in [6, 6.07) is 4.61. The normalized spacial score (nSPS) is 12.9. The Balaban J connectivity index is 2.67. The lowest BCUT2D eigenvalue weighted by Crippen LogP contribution is -2.01. The maximum absolute atomic E-state index is 12.7. The van der Waals surface area contributed by atoms with Crippen molar-refractivity contribution in [3.63, 3.8) is 0 Å². The molecule has 13 heavy (non-hydrogen) atoms. The van der Waals surface area contributed by atoms with Gasteiger partial charge in [0.05, 0.1) is 6.10 Å². The Bertz CT molecular complexity index is 286. The number of hydrogen-bond acceptors (Lipinski definition) is 1. The van der Waals surface area contributed by atoms with Gasteiger partial charge in [0.25, 0.3) is 0 Å². The van der Waals surface area contributed by atoms with E-state index in [9.17, 15) is 4.39 Å². The van der Waals surface area contributed by atoms with Crippen LogP contribution in [0.3, 0.4) is 0 Å². The molecule has 0 saturated carbocycles. The van der Waals surface area contributed by atoms with Gasteiger partial charge in [0.15, 0.2) is 0 Å². The molecular weight excluding hydrogens is 235 g/mol. The van der Waals surface area contributed by atoms with E-state index < -0.39 is 0 Å². The highest BCUT2D eigenvalue weighted by molar-refractivity contribution is 9.10. The lowest BCUT2D eigenvalue weighted by molar-refractivity contribution is 0.185. The van der Waals surface area contributed by atoms with Crippen molar-refractivity contribution in [3.05, 3.63) is 34.1 Å². The summed E-state index contributed by atoms with van der Waals surface area (Å²) < 4.78 is 13.4. The second-order valence-corrected chi connectivity index (χ2v) is 3.98. The van der Waals surface area contributed by atoms with Gasteiger partial charge in [-0.25, -0.2) is 4.39 Å². The Kier molecular flexibility index (Phi) is 3.88. The molecule has 0 saturated heterocycles. The summed E-state index contributed by atoms with van der Waals surface area (Å²) in [5.41, 5.74) is 1.03. The fourth-order valence-electron chi connectivity index (χ4n) is 1.09. The Hall–Kier alpha value is -0.410. The summed E-state index contributed by atoms with van der Waals surface area (Å²) in [5.74, 6) is -0.243. The lowest BCUT2D eigenvalue weighted by Gasteiger charge is -2.06. The minimum atomic E-state index is -0.308. The molecule has 0 fully saturated rings. The maximum atomic E-state index is 12.7. The minimum Gasteiger partial charge on any atom is -0.393 e. The zero-order chi connectivity index (χ0) is 9.84. The van der Waals surface area contributed by atoms with Crippen LogP contribution in [-0.2, 0) is 6.42 Å². The summed E-state index contributed by atoms with van der Waals surface area (Å²) in [6.45, 7) is 1.75. The zero-order valence-electron chi connectivity index (χ0n) is 7.43. The SMILES string of the molecule is C[C@H](O)CCc1ccc(F)cc1Br. The van der Waals surface area contributed by atoms with Gasteiger partial charge in [-0.15, -0.1) is 0 Å². The highest BCUT2D eigenvalue weighted by atomic mass is 79.9. The van der Waals surface area contributed by atoms with Crippen molar-refractivity contribution in [1.82, 2.24) is 0 Å². The predicted molar refractivity (Wildman–Crippen MR) is 54.1 cm³/mol. The van der Waals surface area contributed by atoms with E-state index in [1.165, 1.54) is 12.1 Å². The number of aryl methyl sites for hydroxylation is 1. The number of halogens is 2. The largest absolute Gasteiger partial charge is 0.393 e. The van der Waals surface area contributed by atoms with Crippen LogP contribution in [0.15, 0.2) is 22.7 Å². The number of benzene rings is 1.